The lowest BCUT2D eigenvalue weighted by Crippen LogP contribution is -2.13. The smallest absolute Gasteiger partial charge is 0.275 e. The Morgan fingerprint density at radius 1 is 1.21 bits per heavy atom. The van der Waals surface area contributed by atoms with Gasteiger partial charge in [-0.1, -0.05) is 29.5 Å². The average Bonchev–Trinajstić information content (AvgIpc) is 2.87. The lowest BCUT2D eigenvalue weighted by Gasteiger charge is -1.96. The molecule has 6 heteroatoms. The Bertz CT molecular complexity index is 801. The van der Waals surface area contributed by atoms with Gasteiger partial charge in [-0.2, -0.15) is 9.61 Å². The summed E-state index contributed by atoms with van der Waals surface area (Å²) in [5.74, 6) is 0. The quantitative estimate of drug-likeness (QED) is 0.722. The molecule has 94 valence electrons. The summed E-state index contributed by atoms with van der Waals surface area (Å²) >= 11 is 1.33. The number of rotatable bonds is 2. The Morgan fingerprint density at radius 2 is 2.00 bits per heavy atom. The van der Waals surface area contributed by atoms with Gasteiger partial charge in [0.2, 0.25) is 4.96 Å². The Labute approximate surface area is 112 Å². The van der Waals surface area contributed by atoms with E-state index >= 15 is 0 Å². The number of hydrogen-bond donors (Lipinski definition) is 1. The van der Waals surface area contributed by atoms with Crippen LogP contribution in [-0.2, 0) is 0 Å². The molecule has 0 aliphatic rings. The minimum absolute atomic E-state index is 0.178. The summed E-state index contributed by atoms with van der Waals surface area (Å²) in [6.45, 7) is 0. The molecule has 19 heavy (non-hydrogen) atoms. The molecular weight excluding hydrogens is 260 g/mol. The number of anilines is 1. The van der Waals surface area contributed by atoms with Crippen LogP contribution in [0.4, 0.5) is 5.69 Å². The van der Waals surface area contributed by atoms with Crippen molar-refractivity contribution in [2.24, 2.45) is 0 Å². The fourth-order valence-corrected chi connectivity index (χ4v) is 2.28. The zero-order chi connectivity index (χ0) is 13.2. The molecule has 0 unspecified atom stereocenters. The Kier molecular flexibility index (Phi) is 2.85. The van der Waals surface area contributed by atoms with Gasteiger partial charge in [0.1, 0.15) is 5.51 Å². The minimum atomic E-state index is -0.178. The van der Waals surface area contributed by atoms with Crippen LogP contribution in [0, 0.1) is 0 Å². The lowest BCUT2D eigenvalue weighted by atomic mass is 10.2. The third-order valence-electron chi connectivity index (χ3n) is 2.59. The molecule has 0 saturated heterocycles. The van der Waals surface area contributed by atoms with Gasteiger partial charge in [0.05, 0.1) is 5.69 Å². The van der Waals surface area contributed by atoms with E-state index in [1.165, 1.54) is 21.9 Å². The van der Waals surface area contributed by atoms with Crippen molar-refractivity contribution in [1.29, 1.82) is 0 Å². The summed E-state index contributed by atoms with van der Waals surface area (Å²) in [5.41, 5.74) is 9.37. The van der Waals surface area contributed by atoms with Crippen molar-refractivity contribution >= 4 is 34.1 Å². The monoisotopic (exact) mass is 270 g/mol. The van der Waals surface area contributed by atoms with Gasteiger partial charge in [0.25, 0.3) is 5.56 Å². The number of benzene rings is 1. The highest BCUT2D eigenvalue weighted by Gasteiger charge is 2.01. The fourth-order valence-electron chi connectivity index (χ4n) is 1.65. The molecule has 2 aromatic heterocycles. The zero-order valence-corrected chi connectivity index (χ0v) is 10.7. The Balaban J connectivity index is 1.96. The van der Waals surface area contributed by atoms with E-state index in [1.807, 2.05) is 30.3 Å². The van der Waals surface area contributed by atoms with Gasteiger partial charge in [-0.3, -0.25) is 4.79 Å². The van der Waals surface area contributed by atoms with Crippen LogP contribution in [-0.4, -0.2) is 14.6 Å². The average molecular weight is 270 g/mol. The molecule has 2 heterocycles. The lowest BCUT2D eigenvalue weighted by molar-refractivity contribution is 0.897. The highest BCUT2D eigenvalue weighted by molar-refractivity contribution is 7.14. The summed E-state index contributed by atoms with van der Waals surface area (Å²) in [4.78, 5) is 16.7. The van der Waals surface area contributed by atoms with Crippen molar-refractivity contribution in [3.05, 3.63) is 57.5 Å². The first-order valence-electron chi connectivity index (χ1n) is 5.59. The van der Waals surface area contributed by atoms with Gasteiger partial charge >= 0.3 is 0 Å². The molecule has 0 fully saturated rings. The molecule has 0 spiro atoms. The fraction of sp³-hybridized carbons (Fsp3) is 0. The van der Waals surface area contributed by atoms with Crippen LogP contribution >= 0.6 is 11.3 Å². The van der Waals surface area contributed by atoms with Crippen molar-refractivity contribution in [3.63, 3.8) is 0 Å². The van der Waals surface area contributed by atoms with Gasteiger partial charge in [0, 0.05) is 11.8 Å². The maximum atomic E-state index is 11.7. The SMILES string of the molecule is Nc1ccc(C=Cc2cc(=O)n3ncsc3n2)cc1. The number of nitrogens with two attached hydrogens (primary N) is 1. The van der Waals surface area contributed by atoms with E-state index in [0.717, 1.165) is 11.3 Å². The van der Waals surface area contributed by atoms with Crippen molar-refractivity contribution in [1.82, 2.24) is 14.6 Å². The molecular formula is C13H10N4OS. The first-order chi connectivity index (χ1) is 9.22. The predicted octanol–water partition coefficient (Wildman–Crippen LogP) is 1.90. The molecule has 3 aromatic rings. The largest absolute Gasteiger partial charge is 0.399 e. The van der Waals surface area contributed by atoms with Crippen LogP contribution in [0.15, 0.2) is 40.6 Å². The van der Waals surface area contributed by atoms with Gasteiger partial charge < -0.3 is 5.73 Å². The number of fused-ring (bicyclic) bond motifs is 1. The molecule has 1 aromatic carbocycles. The van der Waals surface area contributed by atoms with E-state index in [1.54, 1.807) is 11.6 Å². The molecule has 0 aliphatic carbocycles. The highest BCUT2D eigenvalue weighted by atomic mass is 32.1. The third-order valence-corrected chi connectivity index (χ3v) is 3.26. The van der Waals surface area contributed by atoms with Crippen molar-refractivity contribution in [3.8, 4) is 0 Å². The van der Waals surface area contributed by atoms with Crippen LogP contribution in [0.5, 0.6) is 0 Å². The van der Waals surface area contributed by atoms with Crippen molar-refractivity contribution < 1.29 is 0 Å². The Hall–Kier alpha value is -2.47. The molecule has 0 radical (unpaired) electrons. The number of hydrogen-bond acceptors (Lipinski definition) is 5. The molecule has 3 rings (SSSR count). The second-order valence-electron chi connectivity index (χ2n) is 3.95. The van der Waals surface area contributed by atoms with Crippen LogP contribution in [0.3, 0.4) is 0 Å². The van der Waals surface area contributed by atoms with Crippen LogP contribution in [0.25, 0.3) is 17.1 Å². The highest BCUT2D eigenvalue weighted by Crippen LogP contribution is 2.10. The summed E-state index contributed by atoms with van der Waals surface area (Å²) < 4.78 is 1.28. The predicted molar refractivity (Wildman–Crippen MR) is 76.9 cm³/mol. The van der Waals surface area contributed by atoms with Crippen LogP contribution < -0.4 is 11.3 Å². The van der Waals surface area contributed by atoms with Crippen molar-refractivity contribution in [2.75, 3.05) is 5.73 Å². The summed E-state index contributed by atoms with van der Waals surface area (Å²) in [6.07, 6.45) is 3.69. The van der Waals surface area contributed by atoms with Gasteiger partial charge in [-0.05, 0) is 23.8 Å². The van der Waals surface area contributed by atoms with Gasteiger partial charge in [-0.25, -0.2) is 4.98 Å². The van der Waals surface area contributed by atoms with E-state index in [4.69, 9.17) is 5.73 Å². The molecule has 0 amide bonds. The normalized spacial score (nSPS) is 11.4. The summed E-state index contributed by atoms with van der Waals surface area (Å²) in [7, 11) is 0. The summed E-state index contributed by atoms with van der Waals surface area (Å²) in [5, 5.41) is 3.91. The number of nitrogen functional groups attached to an aromatic ring is 1. The minimum Gasteiger partial charge on any atom is -0.399 e. The topological polar surface area (TPSA) is 73.3 Å². The van der Waals surface area contributed by atoms with E-state index in [2.05, 4.69) is 10.1 Å². The van der Waals surface area contributed by atoms with E-state index in [0.29, 0.717) is 10.7 Å². The van der Waals surface area contributed by atoms with E-state index < -0.39 is 0 Å². The molecule has 5 nitrogen and oxygen atoms in total. The second kappa shape index (κ2) is 4.66. The van der Waals surface area contributed by atoms with E-state index in [9.17, 15) is 4.79 Å². The Morgan fingerprint density at radius 3 is 2.79 bits per heavy atom. The maximum Gasteiger partial charge on any atom is 0.275 e. The molecule has 0 aliphatic heterocycles. The third kappa shape index (κ3) is 2.38. The first-order valence-corrected chi connectivity index (χ1v) is 6.47. The molecule has 0 bridgehead atoms. The standard InChI is InChI=1S/C13H10N4OS/c14-10-4-1-9(2-5-10)3-6-11-7-12(18)17-13(16-11)19-8-15-17/h1-8H,14H2. The van der Waals surface area contributed by atoms with Crippen molar-refractivity contribution in [2.45, 2.75) is 0 Å². The van der Waals surface area contributed by atoms with Crippen LogP contribution in [0.1, 0.15) is 11.3 Å². The second-order valence-corrected chi connectivity index (χ2v) is 4.76. The summed E-state index contributed by atoms with van der Waals surface area (Å²) in [6, 6.07) is 8.93. The van der Waals surface area contributed by atoms with Gasteiger partial charge in [-0.15, -0.1) is 0 Å². The first kappa shape index (κ1) is 11.6. The van der Waals surface area contributed by atoms with Crippen LogP contribution in [0.2, 0.25) is 0 Å². The molecule has 0 atom stereocenters. The number of aromatic nitrogens is 3. The number of nitrogens with zero attached hydrogens (tertiary/aromatic N) is 3. The molecule has 0 saturated carbocycles. The maximum absolute atomic E-state index is 11.7. The molecule has 2 N–H and O–H groups in total. The van der Waals surface area contributed by atoms with Gasteiger partial charge in [0.15, 0.2) is 0 Å². The van der Waals surface area contributed by atoms with E-state index in [-0.39, 0.29) is 5.56 Å². The zero-order valence-electron chi connectivity index (χ0n) is 9.85.